The van der Waals surface area contributed by atoms with Crippen molar-refractivity contribution in [2.24, 2.45) is 0 Å². The van der Waals surface area contributed by atoms with Crippen LogP contribution in [0.2, 0.25) is 0 Å². The monoisotopic (exact) mass is 312 g/mol. The number of aromatic amines is 1. The highest BCUT2D eigenvalue weighted by Crippen LogP contribution is 2.35. The molecular weight excluding hydrogens is 288 g/mol. The summed E-state index contributed by atoms with van der Waals surface area (Å²) in [5.41, 5.74) is 4.85. The summed E-state index contributed by atoms with van der Waals surface area (Å²) in [6, 6.07) is 8.24. The standard InChI is InChI=1S/C19H24N2O2/c1-4-14-11-13(2)19(22)20-18(14)16-8-7-15(12-17(16)23-3)21-9-5-6-10-21/h7-8,11-12H,4-6,9-10H2,1-3H3,(H,20,22). The van der Waals surface area contributed by atoms with Gasteiger partial charge in [0.1, 0.15) is 5.75 Å². The lowest BCUT2D eigenvalue weighted by Gasteiger charge is -2.20. The van der Waals surface area contributed by atoms with E-state index >= 15 is 0 Å². The Kier molecular flexibility index (Phi) is 4.42. The second-order valence-electron chi connectivity index (χ2n) is 6.11. The molecule has 1 aromatic carbocycles. The van der Waals surface area contributed by atoms with Crippen molar-refractivity contribution in [3.05, 3.63) is 45.7 Å². The van der Waals surface area contributed by atoms with E-state index in [4.69, 9.17) is 4.74 Å². The fraction of sp³-hybridized carbons (Fsp3) is 0.421. The molecule has 0 amide bonds. The zero-order chi connectivity index (χ0) is 16.4. The van der Waals surface area contributed by atoms with Crippen molar-refractivity contribution in [1.29, 1.82) is 0 Å². The van der Waals surface area contributed by atoms with Crippen LogP contribution in [0.4, 0.5) is 5.69 Å². The number of anilines is 1. The van der Waals surface area contributed by atoms with Crippen molar-refractivity contribution in [2.45, 2.75) is 33.1 Å². The minimum atomic E-state index is -0.0390. The zero-order valence-corrected chi connectivity index (χ0v) is 14.1. The molecule has 0 saturated carbocycles. The lowest BCUT2D eigenvalue weighted by molar-refractivity contribution is 0.416. The van der Waals surface area contributed by atoms with Gasteiger partial charge in [-0.3, -0.25) is 4.79 Å². The molecule has 2 aromatic rings. The Balaban J connectivity index is 2.09. The third kappa shape index (κ3) is 2.98. The molecule has 0 bridgehead atoms. The molecule has 23 heavy (non-hydrogen) atoms. The van der Waals surface area contributed by atoms with Crippen molar-refractivity contribution in [1.82, 2.24) is 4.98 Å². The molecule has 0 atom stereocenters. The second-order valence-corrected chi connectivity index (χ2v) is 6.11. The average molecular weight is 312 g/mol. The number of hydrogen-bond donors (Lipinski definition) is 1. The summed E-state index contributed by atoms with van der Waals surface area (Å²) in [7, 11) is 1.69. The van der Waals surface area contributed by atoms with Crippen LogP contribution in [0.1, 0.15) is 30.9 Å². The van der Waals surface area contributed by atoms with Gasteiger partial charge in [-0.25, -0.2) is 0 Å². The van der Waals surface area contributed by atoms with Crippen molar-refractivity contribution in [3.8, 4) is 17.0 Å². The molecule has 1 aromatic heterocycles. The lowest BCUT2D eigenvalue weighted by atomic mass is 10.0. The number of aromatic nitrogens is 1. The van der Waals surface area contributed by atoms with Gasteiger partial charge in [-0.15, -0.1) is 0 Å². The third-order valence-electron chi connectivity index (χ3n) is 4.62. The fourth-order valence-electron chi connectivity index (χ4n) is 3.27. The summed E-state index contributed by atoms with van der Waals surface area (Å²) in [4.78, 5) is 17.5. The molecule has 1 aliphatic rings. The van der Waals surface area contributed by atoms with Gasteiger partial charge in [0.25, 0.3) is 5.56 Å². The van der Waals surface area contributed by atoms with Crippen molar-refractivity contribution < 1.29 is 4.74 Å². The number of rotatable bonds is 4. The number of H-pyrrole nitrogens is 1. The van der Waals surface area contributed by atoms with Gasteiger partial charge in [0, 0.05) is 36.0 Å². The van der Waals surface area contributed by atoms with Gasteiger partial charge in [0.15, 0.2) is 0 Å². The summed E-state index contributed by atoms with van der Waals surface area (Å²) >= 11 is 0. The topological polar surface area (TPSA) is 45.3 Å². The Morgan fingerprint density at radius 2 is 1.96 bits per heavy atom. The van der Waals surface area contributed by atoms with E-state index in [0.717, 1.165) is 47.6 Å². The maximum atomic E-state index is 12.1. The smallest absolute Gasteiger partial charge is 0.251 e. The number of pyridine rings is 1. The largest absolute Gasteiger partial charge is 0.496 e. The Morgan fingerprint density at radius 3 is 2.61 bits per heavy atom. The van der Waals surface area contributed by atoms with Crippen LogP contribution >= 0.6 is 0 Å². The summed E-state index contributed by atoms with van der Waals surface area (Å²) in [5, 5.41) is 0. The van der Waals surface area contributed by atoms with Crippen molar-refractivity contribution in [2.75, 3.05) is 25.1 Å². The normalized spacial score (nSPS) is 14.3. The Morgan fingerprint density at radius 1 is 1.22 bits per heavy atom. The fourth-order valence-corrected chi connectivity index (χ4v) is 3.27. The van der Waals surface area contributed by atoms with Crippen molar-refractivity contribution in [3.63, 3.8) is 0 Å². The summed E-state index contributed by atoms with van der Waals surface area (Å²) < 4.78 is 5.62. The van der Waals surface area contributed by atoms with E-state index < -0.39 is 0 Å². The molecule has 122 valence electrons. The van der Waals surface area contributed by atoms with E-state index in [1.807, 2.05) is 13.0 Å². The first-order valence-electron chi connectivity index (χ1n) is 8.30. The summed E-state index contributed by atoms with van der Waals surface area (Å²) in [6.07, 6.45) is 3.36. The highest BCUT2D eigenvalue weighted by atomic mass is 16.5. The van der Waals surface area contributed by atoms with Gasteiger partial charge >= 0.3 is 0 Å². The van der Waals surface area contributed by atoms with Crippen LogP contribution < -0.4 is 15.2 Å². The molecule has 4 nitrogen and oxygen atoms in total. The minimum absolute atomic E-state index is 0.0390. The highest BCUT2D eigenvalue weighted by Gasteiger charge is 2.17. The molecule has 0 unspecified atom stereocenters. The van der Waals surface area contributed by atoms with Gasteiger partial charge in [0.2, 0.25) is 0 Å². The molecule has 1 aliphatic heterocycles. The third-order valence-corrected chi connectivity index (χ3v) is 4.62. The van der Waals surface area contributed by atoms with Gasteiger partial charge < -0.3 is 14.6 Å². The molecule has 0 radical (unpaired) electrons. The molecule has 1 N–H and O–H groups in total. The quantitative estimate of drug-likeness (QED) is 0.939. The van der Waals surface area contributed by atoms with Gasteiger partial charge in [-0.2, -0.15) is 0 Å². The molecule has 1 fully saturated rings. The van der Waals surface area contributed by atoms with E-state index in [-0.39, 0.29) is 5.56 Å². The van der Waals surface area contributed by atoms with Crippen LogP contribution in [-0.2, 0) is 6.42 Å². The Hall–Kier alpha value is -2.23. The predicted octanol–water partition coefficient (Wildman–Crippen LogP) is 3.52. The number of hydrogen-bond acceptors (Lipinski definition) is 3. The number of aryl methyl sites for hydroxylation is 2. The van der Waals surface area contributed by atoms with Gasteiger partial charge in [-0.1, -0.05) is 6.92 Å². The molecule has 2 heterocycles. The minimum Gasteiger partial charge on any atom is -0.496 e. The number of nitrogens with zero attached hydrogens (tertiary/aromatic N) is 1. The van der Waals surface area contributed by atoms with Crippen molar-refractivity contribution >= 4 is 5.69 Å². The molecule has 4 heteroatoms. The maximum Gasteiger partial charge on any atom is 0.251 e. The number of nitrogens with one attached hydrogen (secondary N) is 1. The van der Waals surface area contributed by atoms with Crippen LogP contribution in [0.3, 0.4) is 0 Å². The molecule has 0 aliphatic carbocycles. The van der Waals surface area contributed by atoms with Gasteiger partial charge in [0.05, 0.1) is 12.8 Å². The van der Waals surface area contributed by atoms with Crippen LogP contribution in [0.15, 0.2) is 29.1 Å². The Labute approximate surface area is 137 Å². The second kappa shape index (κ2) is 6.49. The molecule has 3 rings (SSSR count). The van der Waals surface area contributed by atoms with Crippen LogP contribution in [0.25, 0.3) is 11.3 Å². The first kappa shape index (κ1) is 15.7. The van der Waals surface area contributed by atoms with E-state index in [2.05, 4.69) is 35.0 Å². The molecule has 0 spiro atoms. The highest BCUT2D eigenvalue weighted by molar-refractivity contribution is 5.73. The average Bonchev–Trinajstić information content (AvgIpc) is 3.11. The van der Waals surface area contributed by atoms with E-state index in [9.17, 15) is 4.79 Å². The summed E-state index contributed by atoms with van der Waals surface area (Å²) in [5.74, 6) is 0.809. The number of benzene rings is 1. The van der Waals surface area contributed by atoms with E-state index in [0.29, 0.717) is 0 Å². The van der Waals surface area contributed by atoms with Crippen LogP contribution in [0, 0.1) is 6.92 Å². The number of ether oxygens (including phenoxy) is 1. The predicted molar refractivity (Wildman–Crippen MR) is 94.6 cm³/mol. The first-order valence-corrected chi connectivity index (χ1v) is 8.30. The zero-order valence-electron chi connectivity index (χ0n) is 14.1. The maximum absolute atomic E-state index is 12.1. The Bertz CT molecular complexity index is 758. The molecular formula is C19H24N2O2. The van der Waals surface area contributed by atoms with E-state index in [1.165, 1.54) is 18.5 Å². The SMILES string of the molecule is CCc1cc(C)c(=O)[nH]c1-c1ccc(N2CCCC2)cc1OC. The van der Waals surface area contributed by atoms with Gasteiger partial charge in [-0.05, 0) is 49.9 Å². The van der Waals surface area contributed by atoms with Crippen LogP contribution in [0.5, 0.6) is 5.75 Å². The lowest BCUT2D eigenvalue weighted by Crippen LogP contribution is -2.17. The van der Waals surface area contributed by atoms with E-state index in [1.54, 1.807) is 7.11 Å². The van der Waals surface area contributed by atoms with Crippen LogP contribution in [-0.4, -0.2) is 25.2 Å². The first-order chi connectivity index (χ1) is 11.1. The number of methoxy groups -OCH3 is 1. The molecule has 1 saturated heterocycles. The summed E-state index contributed by atoms with van der Waals surface area (Å²) in [6.45, 7) is 6.14.